The van der Waals surface area contributed by atoms with Gasteiger partial charge in [-0.3, -0.25) is 4.79 Å². The molecule has 1 heterocycles. The van der Waals surface area contributed by atoms with Crippen molar-refractivity contribution < 1.29 is 4.79 Å². The lowest BCUT2D eigenvalue weighted by Gasteiger charge is -2.37. The van der Waals surface area contributed by atoms with Crippen LogP contribution in [0, 0.1) is 0 Å². The molecule has 2 N–H and O–H groups in total. The fourth-order valence-corrected chi connectivity index (χ4v) is 3.47. The zero-order chi connectivity index (χ0) is 17.1. The number of rotatable bonds is 4. The Labute approximate surface area is 156 Å². The average molecular weight is 360 g/mol. The van der Waals surface area contributed by atoms with Gasteiger partial charge in [0.25, 0.3) is 0 Å². The van der Waals surface area contributed by atoms with Crippen LogP contribution in [0.1, 0.15) is 24.5 Å². The van der Waals surface area contributed by atoms with Crippen LogP contribution in [0.5, 0.6) is 0 Å². The highest BCUT2D eigenvalue weighted by molar-refractivity contribution is 5.86. The first-order valence-corrected chi connectivity index (χ1v) is 8.51. The Morgan fingerprint density at radius 2 is 1.92 bits per heavy atom. The van der Waals surface area contributed by atoms with Gasteiger partial charge in [0.05, 0.1) is 0 Å². The molecule has 134 valence electrons. The number of nitrogens with zero attached hydrogens (tertiary/aromatic N) is 2. The van der Waals surface area contributed by atoms with Crippen molar-refractivity contribution in [3.63, 3.8) is 0 Å². The van der Waals surface area contributed by atoms with Crippen molar-refractivity contribution in [2.75, 3.05) is 24.2 Å². The van der Waals surface area contributed by atoms with Crippen LogP contribution in [-0.4, -0.2) is 30.4 Å². The zero-order valence-corrected chi connectivity index (χ0v) is 15.6. The number of carbonyl (C=O) groups is 1. The molecule has 3 rings (SSSR count). The molecule has 0 saturated heterocycles. The summed E-state index contributed by atoms with van der Waals surface area (Å²) in [7, 11) is 1.87. The summed E-state index contributed by atoms with van der Waals surface area (Å²) in [6.45, 7) is 3.51. The molecule has 0 aromatic heterocycles. The van der Waals surface area contributed by atoms with Gasteiger partial charge < -0.3 is 15.5 Å². The van der Waals surface area contributed by atoms with Crippen LogP contribution in [0.2, 0.25) is 0 Å². The van der Waals surface area contributed by atoms with Crippen molar-refractivity contribution in [3.05, 3.63) is 59.7 Å². The van der Waals surface area contributed by atoms with Gasteiger partial charge >= 0.3 is 0 Å². The molecule has 1 amide bonds. The van der Waals surface area contributed by atoms with Crippen molar-refractivity contribution >= 4 is 29.7 Å². The Balaban J connectivity index is 0.00000225. The monoisotopic (exact) mass is 359 g/mol. The Kier molecular flexibility index (Phi) is 6.32. The molecule has 25 heavy (non-hydrogen) atoms. The van der Waals surface area contributed by atoms with E-state index in [0.29, 0.717) is 6.54 Å². The second kappa shape index (κ2) is 8.26. The summed E-state index contributed by atoms with van der Waals surface area (Å²) in [4.78, 5) is 16.9. The first kappa shape index (κ1) is 19.1. The van der Waals surface area contributed by atoms with Crippen molar-refractivity contribution in [2.45, 2.75) is 32.4 Å². The van der Waals surface area contributed by atoms with Crippen LogP contribution in [0.15, 0.2) is 48.5 Å². The molecule has 0 radical (unpaired) electrons. The molecule has 0 spiro atoms. The molecule has 0 bridgehead atoms. The highest BCUT2D eigenvalue weighted by Gasteiger charge is 2.28. The minimum absolute atomic E-state index is 0. The molecule has 2 aromatic rings. The van der Waals surface area contributed by atoms with E-state index in [2.05, 4.69) is 11.0 Å². The first-order valence-electron chi connectivity index (χ1n) is 8.51. The van der Waals surface area contributed by atoms with Crippen LogP contribution in [-0.2, 0) is 17.8 Å². The predicted octanol–water partition coefficient (Wildman–Crippen LogP) is 3.49. The van der Waals surface area contributed by atoms with Crippen LogP contribution in [0.3, 0.4) is 0 Å². The molecule has 0 aliphatic carbocycles. The Bertz CT molecular complexity index is 720. The summed E-state index contributed by atoms with van der Waals surface area (Å²) in [5.41, 5.74) is 10.4. The third-order valence-electron chi connectivity index (χ3n) is 4.79. The van der Waals surface area contributed by atoms with Crippen molar-refractivity contribution in [3.8, 4) is 0 Å². The summed E-state index contributed by atoms with van der Waals surface area (Å²) in [6, 6.07) is 15.9. The molecule has 1 aliphatic heterocycles. The molecule has 1 unspecified atom stereocenters. The molecule has 1 atom stereocenters. The predicted molar refractivity (Wildman–Crippen MR) is 106 cm³/mol. The fourth-order valence-electron chi connectivity index (χ4n) is 3.47. The van der Waals surface area contributed by atoms with Gasteiger partial charge in [0.2, 0.25) is 5.91 Å². The smallest absolute Gasteiger partial charge is 0.245 e. The van der Waals surface area contributed by atoms with Gasteiger partial charge in [0.15, 0.2) is 0 Å². The van der Waals surface area contributed by atoms with Gasteiger partial charge in [-0.2, -0.15) is 0 Å². The number of amides is 1. The minimum atomic E-state index is -0.195. The zero-order valence-electron chi connectivity index (χ0n) is 14.8. The lowest BCUT2D eigenvalue weighted by atomic mass is 9.98. The molecule has 1 aliphatic rings. The quantitative estimate of drug-likeness (QED) is 0.850. The average Bonchev–Trinajstić information content (AvgIpc) is 2.61. The number of nitrogens with two attached hydrogens (primary N) is 1. The fraction of sp³-hybridized carbons (Fsp3) is 0.350. The lowest BCUT2D eigenvalue weighted by molar-refractivity contribution is -0.131. The summed E-state index contributed by atoms with van der Waals surface area (Å²) in [6.07, 6.45) is 2.01. The highest BCUT2D eigenvalue weighted by atomic mass is 35.5. The summed E-state index contributed by atoms with van der Waals surface area (Å²) < 4.78 is 0. The van der Waals surface area contributed by atoms with Gasteiger partial charge in [-0.15, -0.1) is 12.4 Å². The molecular formula is C20H26ClN3O. The number of hydrogen-bond donors (Lipinski definition) is 1. The number of hydrogen-bond acceptors (Lipinski definition) is 3. The van der Waals surface area contributed by atoms with E-state index in [9.17, 15) is 4.79 Å². The number of anilines is 2. The topological polar surface area (TPSA) is 49.6 Å². The Morgan fingerprint density at radius 3 is 2.64 bits per heavy atom. The van der Waals surface area contributed by atoms with Crippen molar-refractivity contribution in [1.29, 1.82) is 0 Å². The normalized spacial score (nSPS) is 14.2. The third kappa shape index (κ3) is 4.07. The van der Waals surface area contributed by atoms with E-state index in [1.807, 2.05) is 56.4 Å². The van der Waals surface area contributed by atoms with Crippen molar-refractivity contribution in [1.82, 2.24) is 4.90 Å². The van der Waals surface area contributed by atoms with Crippen LogP contribution < -0.4 is 10.6 Å². The maximum absolute atomic E-state index is 12.9. The van der Waals surface area contributed by atoms with E-state index in [1.165, 1.54) is 5.56 Å². The second-order valence-corrected chi connectivity index (χ2v) is 6.50. The third-order valence-corrected chi connectivity index (χ3v) is 4.79. The molecule has 0 saturated carbocycles. The van der Waals surface area contributed by atoms with Crippen LogP contribution in [0.25, 0.3) is 0 Å². The minimum Gasteiger partial charge on any atom is -0.398 e. The van der Waals surface area contributed by atoms with E-state index in [-0.39, 0.29) is 24.4 Å². The van der Waals surface area contributed by atoms with E-state index < -0.39 is 0 Å². The number of benzene rings is 2. The van der Waals surface area contributed by atoms with E-state index in [4.69, 9.17) is 5.73 Å². The maximum Gasteiger partial charge on any atom is 0.245 e. The Hall–Kier alpha value is -2.20. The van der Waals surface area contributed by atoms with Gasteiger partial charge in [0, 0.05) is 31.5 Å². The number of halogens is 1. The van der Waals surface area contributed by atoms with Crippen molar-refractivity contribution in [2.24, 2.45) is 0 Å². The Morgan fingerprint density at radius 1 is 1.20 bits per heavy atom. The lowest BCUT2D eigenvalue weighted by Crippen LogP contribution is -2.47. The highest BCUT2D eigenvalue weighted by Crippen LogP contribution is 2.32. The number of likely N-dealkylation sites (N-methyl/N-ethyl adjacent to an activating group) is 1. The van der Waals surface area contributed by atoms with E-state index in [1.54, 1.807) is 4.90 Å². The van der Waals surface area contributed by atoms with Crippen LogP contribution in [0.4, 0.5) is 11.4 Å². The largest absolute Gasteiger partial charge is 0.398 e. The molecule has 4 nitrogen and oxygen atoms in total. The maximum atomic E-state index is 12.9. The van der Waals surface area contributed by atoms with Gasteiger partial charge in [-0.05, 0) is 43.0 Å². The van der Waals surface area contributed by atoms with Gasteiger partial charge in [0.1, 0.15) is 6.04 Å². The molecule has 0 fully saturated rings. The van der Waals surface area contributed by atoms with Gasteiger partial charge in [-0.1, -0.05) is 36.4 Å². The molecular weight excluding hydrogens is 334 g/mol. The van der Waals surface area contributed by atoms with E-state index in [0.717, 1.165) is 36.3 Å². The summed E-state index contributed by atoms with van der Waals surface area (Å²) in [5, 5.41) is 0. The van der Waals surface area contributed by atoms with Crippen LogP contribution >= 0.6 is 12.4 Å². The SMILES string of the molecule is CC(C(=O)N(C)Cc1ccccc1)N1CCCc2c(N)cccc21.Cl. The number of nitrogen functional groups attached to an aromatic ring is 1. The van der Waals surface area contributed by atoms with E-state index >= 15 is 0 Å². The standard InChI is InChI=1S/C20H25N3O.ClH/c1-15(20(24)22(2)14-16-8-4-3-5-9-16)23-13-7-10-17-18(21)11-6-12-19(17)23;/h3-6,8-9,11-12,15H,7,10,13-14,21H2,1-2H3;1H. The molecule has 2 aromatic carbocycles. The number of fused-ring (bicyclic) bond motifs is 1. The second-order valence-electron chi connectivity index (χ2n) is 6.50. The first-order chi connectivity index (χ1) is 11.6. The summed E-state index contributed by atoms with van der Waals surface area (Å²) in [5.74, 6) is 0.133. The van der Waals surface area contributed by atoms with Gasteiger partial charge in [-0.25, -0.2) is 0 Å². The summed E-state index contributed by atoms with van der Waals surface area (Å²) >= 11 is 0. The number of carbonyl (C=O) groups excluding carboxylic acids is 1. The molecule has 5 heteroatoms.